The molecule has 4 aliphatic carbocycles. The first-order valence-electron chi connectivity index (χ1n) is 9.49. The standard InChI is InChI=1S/C21H24N2O3/c22-6-5-19(24)23-18-3-1-17(2-4-18)20(25)26-13-21-10-14-7-15(11-21)9-16(8-14)12-21/h1-4,14-16H,5,7-13H2,(H,23,24). The Balaban J connectivity index is 1.34. The Morgan fingerprint density at radius 2 is 1.65 bits per heavy atom. The molecule has 1 N–H and O–H groups in total. The summed E-state index contributed by atoms with van der Waals surface area (Å²) in [6.45, 7) is 0.538. The van der Waals surface area contributed by atoms with Crippen LogP contribution in [-0.2, 0) is 9.53 Å². The minimum atomic E-state index is -0.357. The van der Waals surface area contributed by atoms with Crippen molar-refractivity contribution in [1.82, 2.24) is 0 Å². The highest BCUT2D eigenvalue weighted by atomic mass is 16.5. The van der Waals surface area contributed by atoms with Crippen LogP contribution in [0.1, 0.15) is 55.3 Å². The molecule has 1 aromatic rings. The van der Waals surface area contributed by atoms with Crippen LogP contribution in [0.3, 0.4) is 0 Å². The molecule has 0 aromatic heterocycles. The fourth-order valence-electron chi connectivity index (χ4n) is 5.74. The summed E-state index contributed by atoms with van der Waals surface area (Å²) in [5.41, 5.74) is 1.28. The number of nitriles is 1. The molecule has 0 radical (unpaired) electrons. The summed E-state index contributed by atoms with van der Waals surface area (Å²) in [5.74, 6) is 1.88. The van der Waals surface area contributed by atoms with Crippen LogP contribution in [0.15, 0.2) is 24.3 Å². The van der Waals surface area contributed by atoms with E-state index < -0.39 is 0 Å². The quantitative estimate of drug-likeness (QED) is 0.815. The lowest BCUT2D eigenvalue weighted by Crippen LogP contribution is -2.48. The van der Waals surface area contributed by atoms with E-state index in [1.165, 1.54) is 38.5 Å². The maximum atomic E-state index is 12.4. The second-order valence-electron chi connectivity index (χ2n) is 8.45. The lowest BCUT2D eigenvalue weighted by molar-refractivity contribution is -0.115. The van der Waals surface area contributed by atoms with Crippen molar-refractivity contribution < 1.29 is 14.3 Å². The van der Waals surface area contributed by atoms with Crippen LogP contribution in [0.4, 0.5) is 5.69 Å². The highest BCUT2D eigenvalue weighted by Crippen LogP contribution is 2.60. The average Bonchev–Trinajstić information content (AvgIpc) is 2.59. The van der Waals surface area contributed by atoms with Gasteiger partial charge in [-0.2, -0.15) is 5.26 Å². The summed E-state index contributed by atoms with van der Waals surface area (Å²) in [5, 5.41) is 11.1. The molecule has 0 unspecified atom stereocenters. The van der Waals surface area contributed by atoms with Gasteiger partial charge in [0.2, 0.25) is 5.91 Å². The van der Waals surface area contributed by atoms with Gasteiger partial charge < -0.3 is 10.1 Å². The van der Waals surface area contributed by atoms with Crippen molar-refractivity contribution in [1.29, 1.82) is 5.26 Å². The average molecular weight is 352 g/mol. The topological polar surface area (TPSA) is 79.2 Å². The molecule has 26 heavy (non-hydrogen) atoms. The van der Waals surface area contributed by atoms with E-state index in [1.54, 1.807) is 30.3 Å². The number of benzene rings is 1. The number of hydrogen-bond donors (Lipinski definition) is 1. The van der Waals surface area contributed by atoms with Crippen LogP contribution in [0.5, 0.6) is 0 Å². The number of carbonyl (C=O) groups is 2. The molecule has 0 aliphatic heterocycles. The molecular weight excluding hydrogens is 328 g/mol. The van der Waals surface area contributed by atoms with Gasteiger partial charge in [0.05, 0.1) is 18.2 Å². The number of anilines is 1. The molecule has 4 aliphatic rings. The first-order valence-corrected chi connectivity index (χ1v) is 9.49. The predicted molar refractivity (Wildman–Crippen MR) is 96.2 cm³/mol. The fraction of sp³-hybridized carbons (Fsp3) is 0.571. The minimum absolute atomic E-state index is 0.186. The first kappa shape index (κ1) is 17.1. The molecule has 1 aromatic carbocycles. The number of amides is 1. The number of hydrogen-bond acceptors (Lipinski definition) is 4. The minimum Gasteiger partial charge on any atom is -0.462 e. The van der Waals surface area contributed by atoms with Crippen molar-refractivity contribution in [2.24, 2.45) is 23.2 Å². The largest absolute Gasteiger partial charge is 0.462 e. The van der Waals surface area contributed by atoms with Crippen LogP contribution >= 0.6 is 0 Å². The van der Waals surface area contributed by atoms with E-state index in [-0.39, 0.29) is 23.7 Å². The van der Waals surface area contributed by atoms with Crippen molar-refractivity contribution in [3.8, 4) is 6.07 Å². The van der Waals surface area contributed by atoms with Gasteiger partial charge in [0, 0.05) is 11.1 Å². The number of esters is 1. The number of ether oxygens (including phenoxy) is 1. The predicted octanol–water partition coefficient (Wildman–Crippen LogP) is 3.91. The van der Waals surface area contributed by atoms with E-state index in [9.17, 15) is 9.59 Å². The van der Waals surface area contributed by atoms with Gasteiger partial charge in [-0.1, -0.05) is 0 Å². The number of rotatable bonds is 5. The van der Waals surface area contributed by atoms with E-state index in [4.69, 9.17) is 10.00 Å². The zero-order valence-electron chi connectivity index (χ0n) is 14.9. The smallest absolute Gasteiger partial charge is 0.338 e. The molecule has 5 nitrogen and oxygen atoms in total. The van der Waals surface area contributed by atoms with Crippen molar-refractivity contribution in [3.63, 3.8) is 0 Å². The highest BCUT2D eigenvalue weighted by Gasteiger charge is 2.51. The highest BCUT2D eigenvalue weighted by molar-refractivity contribution is 5.93. The SMILES string of the molecule is N#CCC(=O)Nc1ccc(C(=O)OCC23CC4CC(CC(C4)C2)C3)cc1. The molecule has 5 rings (SSSR count). The van der Waals surface area contributed by atoms with E-state index in [2.05, 4.69) is 5.32 Å². The monoisotopic (exact) mass is 352 g/mol. The van der Waals surface area contributed by atoms with Crippen LogP contribution in [0.2, 0.25) is 0 Å². The third kappa shape index (κ3) is 3.46. The maximum absolute atomic E-state index is 12.4. The van der Waals surface area contributed by atoms with Crippen molar-refractivity contribution >= 4 is 17.6 Å². The van der Waals surface area contributed by atoms with Crippen molar-refractivity contribution in [2.75, 3.05) is 11.9 Å². The Bertz CT molecular complexity index is 712. The van der Waals surface area contributed by atoms with Crippen molar-refractivity contribution in [2.45, 2.75) is 44.9 Å². The summed E-state index contributed by atoms with van der Waals surface area (Å²) in [6, 6.07) is 8.44. The molecule has 4 fully saturated rings. The van der Waals surface area contributed by atoms with E-state index >= 15 is 0 Å². The second-order valence-corrected chi connectivity index (χ2v) is 8.45. The summed E-state index contributed by atoms with van der Waals surface area (Å²) in [6.07, 6.45) is 7.61. The molecule has 0 spiro atoms. The molecule has 4 saturated carbocycles. The molecule has 0 saturated heterocycles. The number of carbonyl (C=O) groups excluding carboxylic acids is 2. The Hall–Kier alpha value is -2.35. The number of nitrogens with zero attached hydrogens (tertiary/aromatic N) is 1. The number of nitrogens with one attached hydrogen (secondary N) is 1. The summed E-state index contributed by atoms with van der Waals surface area (Å²) >= 11 is 0. The zero-order valence-corrected chi connectivity index (χ0v) is 14.9. The third-order valence-electron chi connectivity index (χ3n) is 6.32. The zero-order chi connectivity index (χ0) is 18.1. The van der Waals surface area contributed by atoms with E-state index in [0.29, 0.717) is 17.9 Å². The van der Waals surface area contributed by atoms with Gasteiger partial charge in [0.15, 0.2) is 0 Å². The van der Waals surface area contributed by atoms with Gasteiger partial charge in [-0.25, -0.2) is 4.79 Å². The van der Waals surface area contributed by atoms with Crippen molar-refractivity contribution in [3.05, 3.63) is 29.8 Å². The van der Waals surface area contributed by atoms with E-state index in [0.717, 1.165) is 17.8 Å². The molecule has 0 heterocycles. The van der Waals surface area contributed by atoms with Gasteiger partial charge in [0.25, 0.3) is 0 Å². The molecule has 136 valence electrons. The maximum Gasteiger partial charge on any atom is 0.338 e. The second kappa shape index (κ2) is 6.75. The lowest BCUT2D eigenvalue weighted by atomic mass is 9.50. The van der Waals surface area contributed by atoms with Crippen LogP contribution in [0, 0.1) is 34.5 Å². The summed E-state index contributed by atoms with van der Waals surface area (Å²) in [4.78, 5) is 23.8. The van der Waals surface area contributed by atoms with Gasteiger partial charge in [-0.05, 0) is 80.5 Å². The molecule has 1 amide bonds. The summed E-state index contributed by atoms with van der Waals surface area (Å²) in [7, 11) is 0. The van der Waals surface area contributed by atoms with Gasteiger partial charge in [0.1, 0.15) is 6.42 Å². The normalized spacial score (nSPS) is 31.3. The Morgan fingerprint density at radius 1 is 1.08 bits per heavy atom. The Kier molecular flexibility index (Phi) is 4.44. The summed E-state index contributed by atoms with van der Waals surface area (Å²) < 4.78 is 5.70. The first-order chi connectivity index (χ1) is 12.5. The van der Waals surface area contributed by atoms with Gasteiger partial charge in [-0.15, -0.1) is 0 Å². The van der Waals surface area contributed by atoms with E-state index in [1.807, 2.05) is 0 Å². The van der Waals surface area contributed by atoms with Crippen LogP contribution < -0.4 is 5.32 Å². The fourth-order valence-corrected chi connectivity index (χ4v) is 5.74. The van der Waals surface area contributed by atoms with Gasteiger partial charge in [-0.3, -0.25) is 4.79 Å². The molecule has 4 bridgehead atoms. The van der Waals surface area contributed by atoms with Crippen LogP contribution in [0.25, 0.3) is 0 Å². The van der Waals surface area contributed by atoms with Gasteiger partial charge >= 0.3 is 5.97 Å². The molecular formula is C21H24N2O3. The molecule has 5 heteroatoms. The van der Waals surface area contributed by atoms with Crippen LogP contribution in [-0.4, -0.2) is 18.5 Å². The Labute approximate surface area is 153 Å². The Morgan fingerprint density at radius 3 is 2.19 bits per heavy atom. The molecule has 0 atom stereocenters. The lowest BCUT2D eigenvalue weighted by Gasteiger charge is -2.56. The third-order valence-corrected chi connectivity index (χ3v) is 6.32.